The summed E-state index contributed by atoms with van der Waals surface area (Å²) in [5, 5.41) is 0. The topological polar surface area (TPSA) is 122 Å². The fraction of sp³-hybridized carbons (Fsp3) is 0.421. The molecule has 1 unspecified atom stereocenters. The van der Waals surface area contributed by atoms with Crippen molar-refractivity contribution in [3.05, 3.63) is 89.0 Å². The molecule has 3 aliphatic heterocycles. The molecule has 10 nitrogen and oxygen atoms in total. The van der Waals surface area contributed by atoms with Crippen LogP contribution in [0.3, 0.4) is 0 Å². The van der Waals surface area contributed by atoms with Crippen molar-refractivity contribution < 1.29 is 28.7 Å². The molecule has 258 valence electrons. The van der Waals surface area contributed by atoms with Crippen molar-refractivity contribution in [3.8, 4) is 11.1 Å². The van der Waals surface area contributed by atoms with Crippen LogP contribution in [-0.2, 0) is 32.2 Å². The summed E-state index contributed by atoms with van der Waals surface area (Å²) in [5.74, 6) is -1.21. The summed E-state index contributed by atoms with van der Waals surface area (Å²) in [6.45, 7) is 9.78. The van der Waals surface area contributed by atoms with Crippen LogP contribution in [0, 0.1) is 0 Å². The van der Waals surface area contributed by atoms with Crippen LogP contribution >= 0.6 is 0 Å². The third-order valence-electron chi connectivity index (χ3n) is 9.78. The van der Waals surface area contributed by atoms with Gasteiger partial charge in [0.15, 0.2) is 0 Å². The zero-order valence-electron chi connectivity index (χ0n) is 28.7. The Hall–Kier alpha value is -4.32. The first-order chi connectivity index (χ1) is 23.5. The third-order valence-corrected chi connectivity index (χ3v) is 11.5. The van der Waals surface area contributed by atoms with E-state index >= 15 is 0 Å². The van der Waals surface area contributed by atoms with Crippen molar-refractivity contribution in [1.82, 2.24) is 9.80 Å². The average Bonchev–Trinajstić information content (AvgIpc) is 3.43. The Kier molecular flexibility index (Phi) is 10.3. The number of amides is 4. The summed E-state index contributed by atoms with van der Waals surface area (Å²) in [6.07, 6.45) is 2.51. The number of rotatable bonds is 12. The van der Waals surface area contributed by atoms with E-state index in [1.165, 1.54) is 4.90 Å². The average molecular weight is 683 g/mol. The zero-order valence-corrected chi connectivity index (χ0v) is 29.7. The lowest BCUT2D eigenvalue weighted by atomic mass is 9.96. The lowest BCUT2D eigenvalue weighted by Crippen LogP contribution is -2.55. The number of benzene rings is 3. The number of piperidine rings is 2. The molecule has 2 saturated heterocycles. The summed E-state index contributed by atoms with van der Waals surface area (Å²) in [5.41, 5.74) is 11.5. The SMILES string of the molecule is C[Si](C)(C)CCOCN1C(=O)CCC(N2Cc3c(cccc3-c3ccc(COC4CCN(c5ccc(C(N)=O)cc5)CC4)cc3)C2=O)C1=O. The highest BCUT2D eigenvalue weighted by Crippen LogP contribution is 2.36. The molecule has 0 bridgehead atoms. The molecule has 11 heteroatoms. The molecule has 0 aliphatic carbocycles. The van der Waals surface area contributed by atoms with Gasteiger partial charge in [-0.3, -0.25) is 24.1 Å². The number of ether oxygens (including phenoxy) is 2. The monoisotopic (exact) mass is 682 g/mol. The van der Waals surface area contributed by atoms with Crippen LogP contribution in [0.5, 0.6) is 0 Å². The van der Waals surface area contributed by atoms with Crippen molar-refractivity contribution >= 4 is 37.4 Å². The van der Waals surface area contributed by atoms with Crippen LogP contribution in [0.15, 0.2) is 66.7 Å². The lowest BCUT2D eigenvalue weighted by molar-refractivity contribution is -0.158. The number of hydrogen-bond acceptors (Lipinski definition) is 7. The maximum Gasteiger partial charge on any atom is 0.255 e. The van der Waals surface area contributed by atoms with Crippen molar-refractivity contribution in [2.45, 2.75) is 76.7 Å². The zero-order chi connectivity index (χ0) is 34.7. The first-order valence-electron chi connectivity index (χ1n) is 17.2. The van der Waals surface area contributed by atoms with E-state index in [9.17, 15) is 19.2 Å². The normalized spacial score (nSPS) is 18.7. The van der Waals surface area contributed by atoms with E-state index in [1.807, 2.05) is 30.3 Å². The van der Waals surface area contributed by atoms with Gasteiger partial charge in [0.2, 0.25) is 11.8 Å². The number of nitrogens with zero attached hydrogens (tertiary/aromatic N) is 3. The van der Waals surface area contributed by atoms with E-state index in [2.05, 4.69) is 48.8 Å². The van der Waals surface area contributed by atoms with Crippen molar-refractivity contribution in [2.75, 3.05) is 31.3 Å². The summed E-state index contributed by atoms with van der Waals surface area (Å²) >= 11 is 0. The van der Waals surface area contributed by atoms with Gasteiger partial charge in [-0.25, -0.2) is 0 Å². The van der Waals surface area contributed by atoms with Crippen LogP contribution in [0.2, 0.25) is 25.7 Å². The van der Waals surface area contributed by atoms with E-state index in [0.717, 1.165) is 59.9 Å². The fourth-order valence-electron chi connectivity index (χ4n) is 6.77. The number of carbonyl (C=O) groups is 4. The Bertz CT molecular complexity index is 1700. The van der Waals surface area contributed by atoms with E-state index in [4.69, 9.17) is 15.2 Å². The summed E-state index contributed by atoms with van der Waals surface area (Å²) in [7, 11) is -1.31. The van der Waals surface area contributed by atoms with E-state index in [1.54, 1.807) is 17.0 Å². The van der Waals surface area contributed by atoms with Gasteiger partial charge in [-0.15, -0.1) is 0 Å². The smallest absolute Gasteiger partial charge is 0.255 e. The van der Waals surface area contributed by atoms with Crippen LogP contribution in [0.4, 0.5) is 5.69 Å². The molecule has 2 fully saturated rings. The molecule has 1 atom stereocenters. The van der Waals surface area contributed by atoms with Crippen LogP contribution in [-0.4, -0.2) is 80.1 Å². The van der Waals surface area contributed by atoms with E-state index in [0.29, 0.717) is 37.3 Å². The second-order valence-corrected chi connectivity index (χ2v) is 20.1. The molecule has 49 heavy (non-hydrogen) atoms. The summed E-state index contributed by atoms with van der Waals surface area (Å²) in [6, 6.07) is 21.6. The molecule has 3 aromatic rings. The molecule has 6 rings (SSSR count). The van der Waals surface area contributed by atoms with Crippen molar-refractivity contribution in [1.29, 1.82) is 0 Å². The highest BCUT2D eigenvalue weighted by atomic mass is 28.3. The minimum absolute atomic E-state index is 0.0673. The number of anilines is 1. The van der Waals surface area contributed by atoms with Gasteiger partial charge in [-0.05, 0) is 77.9 Å². The van der Waals surface area contributed by atoms with Crippen molar-refractivity contribution in [2.24, 2.45) is 5.73 Å². The molecule has 0 spiro atoms. The molecule has 3 aliphatic rings. The Morgan fingerprint density at radius 2 is 1.59 bits per heavy atom. The van der Waals surface area contributed by atoms with E-state index < -0.39 is 20.0 Å². The molecule has 2 N–H and O–H groups in total. The molecule has 0 aromatic heterocycles. The standard InChI is InChI=1S/C38H46N4O6Si/c1-49(2,3)22-21-47-25-42-35(43)16-15-34(38(42)46)41-23-33-31(5-4-6-32(33)37(41)45)27-9-7-26(8-10-27)24-48-30-17-19-40(20-18-30)29-13-11-28(12-14-29)36(39)44/h4-14,30,34H,15-25H2,1-3H3,(H2,39,44). The summed E-state index contributed by atoms with van der Waals surface area (Å²) < 4.78 is 12.0. The number of hydrogen-bond donors (Lipinski definition) is 1. The van der Waals surface area contributed by atoms with Gasteiger partial charge in [-0.2, -0.15) is 0 Å². The van der Waals surface area contributed by atoms with Gasteiger partial charge in [0.1, 0.15) is 12.8 Å². The van der Waals surface area contributed by atoms with Gasteiger partial charge < -0.3 is 25.0 Å². The van der Waals surface area contributed by atoms with Gasteiger partial charge in [0.25, 0.3) is 11.8 Å². The molecule has 4 amide bonds. The molecular formula is C38H46N4O6Si. The molecule has 3 aromatic carbocycles. The van der Waals surface area contributed by atoms with Gasteiger partial charge in [-0.1, -0.05) is 56.0 Å². The Morgan fingerprint density at radius 1 is 0.898 bits per heavy atom. The third kappa shape index (κ3) is 7.95. The minimum atomic E-state index is -1.31. The quantitative estimate of drug-likeness (QED) is 0.154. The van der Waals surface area contributed by atoms with Crippen molar-refractivity contribution in [3.63, 3.8) is 0 Å². The van der Waals surface area contributed by atoms with Gasteiger partial charge in [0.05, 0.1) is 12.7 Å². The number of primary amides is 1. The number of fused-ring (bicyclic) bond motifs is 1. The Balaban J connectivity index is 1.04. The second kappa shape index (κ2) is 14.7. The van der Waals surface area contributed by atoms with Gasteiger partial charge in [0, 0.05) is 57.6 Å². The molecular weight excluding hydrogens is 637 g/mol. The molecule has 0 saturated carbocycles. The second-order valence-electron chi connectivity index (χ2n) is 14.4. The van der Waals surface area contributed by atoms with E-state index in [-0.39, 0.29) is 37.0 Å². The number of imide groups is 1. The number of carbonyl (C=O) groups excluding carboxylic acids is 4. The predicted octanol–water partition coefficient (Wildman–Crippen LogP) is 5.42. The molecule has 3 heterocycles. The lowest BCUT2D eigenvalue weighted by Gasteiger charge is -2.35. The number of nitrogens with two attached hydrogens (primary N) is 1. The Labute approximate surface area is 289 Å². The molecule has 0 radical (unpaired) electrons. The van der Waals surface area contributed by atoms with Crippen LogP contribution in [0.25, 0.3) is 11.1 Å². The van der Waals surface area contributed by atoms with Crippen LogP contribution < -0.4 is 10.6 Å². The maximum atomic E-state index is 13.6. The largest absolute Gasteiger partial charge is 0.373 e. The van der Waals surface area contributed by atoms with Crippen LogP contribution in [0.1, 0.15) is 57.5 Å². The number of likely N-dealkylation sites (tertiary alicyclic amines) is 1. The van der Waals surface area contributed by atoms with Gasteiger partial charge >= 0.3 is 0 Å². The highest BCUT2D eigenvalue weighted by molar-refractivity contribution is 6.76. The minimum Gasteiger partial charge on any atom is -0.373 e. The highest BCUT2D eigenvalue weighted by Gasteiger charge is 2.43. The predicted molar refractivity (Wildman–Crippen MR) is 191 cm³/mol. The fourth-order valence-corrected chi connectivity index (χ4v) is 7.53. The Morgan fingerprint density at radius 3 is 2.27 bits per heavy atom. The first-order valence-corrected chi connectivity index (χ1v) is 20.9. The summed E-state index contributed by atoms with van der Waals surface area (Å²) in [4.78, 5) is 56.3. The maximum absolute atomic E-state index is 13.6. The first kappa shape index (κ1) is 34.5.